The van der Waals surface area contributed by atoms with Gasteiger partial charge in [-0.3, -0.25) is 9.78 Å². The van der Waals surface area contributed by atoms with Gasteiger partial charge in [-0.1, -0.05) is 12.8 Å². The Labute approximate surface area is 121 Å². The molecule has 20 heavy (non-hydrogen) atoms. The summed E-state index contributed by atoms with van der Waals surface area (Å²) in [5.41, 5.74) is 8.13. The Hall–Kier alpha value is -1.42. The minimum Gasteiger partial charge on any atom is -0.336 e. The first-order valence-electron chi connectivity index (χ1n) is 7.58. The van der Waals surface area contributed by atoms with Crippen LogP contribution in [0.15, 0.2) is 12.1 Å². The smallest absolute Gasteiger partial charge is 0.255 e. The SMILES string of the molecule is Cc1ccc(C(=O)N(CCCN)C2CCCC2)c(C)n1. The highest BCUT2D eigenvalue weighted by Crippen LogP contribution is 2.25. The van der Waals surface area contributed by atoms with E-state index in [9.17, 15) is 4.79 Å². The van der Waals surface area contributed by atoms with Gasteiger partial charge in [-0.2, -0.15) is 0 Å². The highest BCUT2D eigenvalue weighted by Gasteiger charge is 2.27. The molecule has 0 aromatic carbocycles. The average Bonchev–Trinajstić information content (AvgIpc) is 2.93. The second kappa shape index (κ2) is 6.84. The zero-order chi connectivity index (χ0) is 14.5. The number of carbonyl (C=O) groups is 1. The Morgan fingerprint density at radius 1 is 1.35 bits per heavy atom. The zero-order valence-electron chi connectivity index (χ0n) is 12.6. The largest absolute Gasteiger partial charge is 0.336 e. The molecule has 1 aromatic rings. The quantitative estimate of drug-likeness (QED) is 0.898. The van der Waals surface area contributed by atoms with Crippen molar-refractivity contribution in [3.05, 3.63) is 29.1 Å². The molecule has 0 unspecified atom stereocenters. The predicted molar refractivity (Wildman–Crippen MR) is 80.7 cm³/mol. The Kier molecular flexibility index (Phi) is 5.12. The summed E-state index contributed by atoms with van der Waals surface area (Å²) < 4.78 is 0. The highest BCUT2D eigenvalue weighted by molar-refractivity contribution is 5.95. The topological polar surface area (TPSA) is 59.2 Å². The lowest BCUT2D eigenvalue weighted by molar-refractivity contribution is 0.0679. The molecule has 1 fully saturated rings. The monoisotopic (exact) mass is 275 g/mol. The van der Waals surface area contributed by atoms with Crippen LogP contribution in [0.3, 0.4) is 0 Å². The lowest BCUT2D eigenvalue weighted by atomic mass is 10.1. The second-order valence-electron chi connectivity index (χ2n) is 5.66. The van der Waals surface area contributed by atoms with E-state index in [1.54, 1.807) is 0 Å². The second-order valence-corrected chi connectivity index (χ2v) is 5.66. The molecule has 1 aliphatic carbocycles. The molecule has 1 aromatic heterocycles. The van der Waals surface area contributed by atoms with Gasteiger partial charge in [0.05, 0.1) is 11.3 Å². The van der Waals surface area contributed by atoms with Gasteiger partial charge >= 0.3 is 0 Å². The number of aryl methyl sites for hydroxylation is 2. The highest BCUT2D eigenvalue weighted by atomic mass is 16.2. The number of amides is 1. The van der Waals surface area contributed by atoms with Gasteiger partial charge < -0.3 is 10.6 Å². The molecule has 0 spiro atoms. The normalized spacial score (nSPS) is 15.6. The number of hydrogen-bond acceptors (Lipinski definition) is 3. The Bertz CT molecular complexity index is 467. The number of pyridine rings is 1. The van der Waals surface area contributed by atoms with Crippen molar-refractivity contribution in [3.8, 4) is 0 Å². The van der Waals surface area contributed by atoms with Crippen molar-refractivity contribution in [1.82, 2.24) is 9.88 Å². The van der Waals surface area contributed by atoms with E-state index in [-0.39, 0.29) is 5.91 Å². The number of hydrogen-bond donors (Lipinski definition) is 1. The predicted octanol–water partition coefficient (Wildman–Crippen LogP) is 2.43. The fourth-order valence-electron chi connectivity index (χ4n) is 2.99. The molecule has 4 heteroatoms. The molecular formula is C16H25N3O. The molecule has 0 bridgehead atoms. The van der Waals surface area contributed by atoms with Gasteiger partial charge in [-0.25, -0.2) is 0 Å². The molecule has 0 atom stereocenters. The first kappa shape index (κ1) is 15.0. The van der Waals surface area contributed by atoms with Crippen LogP contribution in [0.1, 0.15) is 53.8 Å². The number of carbonyl (C=O) groups excluding carboxylic acids is 1. The van der Waals surface area contributed by atoms with Gasteiger partial charge in [0.2, 0.25) is 0 Å². The van der Waals surface area contributed by atoms with Crippen molar-refractivity contribution in [2.45, 2.75) is 52.0 Å². The van der Waals surface area contributed by atoms with Crippen molar-refractivity contribution in [2.75, 3.05) is 13.1 Å². The van der Waals surface area contributed by atoms with Gasteiger partial charge in [0.15, 0.2) is 0 Å². The van der Waals surface area contributed by atoms with Crippen LogP contribution in [0.5, 0.6) is 0 Å². The fraction of sp³-hybridized carbons (Fsp3) is 0.625. The zero-order valence-corrected chi connectivity index (χ0v) is 12.6. The van der Waals surface area contributed by atoms with Crippen LogP contribution >= 0.6 is 0 Å². The summed E-state index contributed by atoms with van der Waals surface area (Å²) in [4.78, 5) is 19.3. The molecule has 4 nitrogen and oxygen atoms in total. The van der Waals surface area contributed by atoms with Crippen LogP contribution in [0.2, 0.25) is 0 Å². The lowest BCUT2D eigenvalue weighted by Gasteiger charge is -2.29. The van der Waals surface area contributed by atoms with Gasteiger partial charge in [0, 0.05) is 18.3 Å². The molecule has 1 aliphatic rings. The first-order chi connectivity index (χ1) is 9.63. The molecule has 2 rings (SSSR count). The Morgan fingerprint density at radius 3 is 2.65 bits per heavy atom. The Balaban J connectivity index is 2.20. The maximum absolute atomic E-state index is 12.8. The molecule has 1 saturated carbocycles. The standard InChI is InChI=1S/C16H25N3O/c1-12-8-9-15(13(2)18-12)16(20)19(11-5-10-17)14-6-3-4-7-14/h8-9,14H,3-7,10-11,17H2,1-2H3. The molecule has 1 heterocycles. The van der Waals surface area contributed by atoms with Crippen molar-refractivity contribution in [2.24, 2.45) is 5.73 Å². The van der Waals surface area contributed by atoms with Gasteiger partial charge in [-0.15, -0.1) is 0 Å². The molecule has 2 N–H and O–H groups in total. The van der Waals surface area contributed by atoms with Gasteiger partial charge in [0.25, 0.3) is 5.91 Å². The van der Waals surface area contributed by atoms with E-state index in [4.69, 9.17) is 5.73 Å². The first-order valence-corrected chi connectivity index (χ1v) is 7.58. The summed E-state index contributed by atoms with van der Waals surface area (Å²) in [5, 5.41) is 0. The molecule has 1 amide bonds. The van der Waals surface area contributed by atoms with Crippen LogP contribution in [0, 0.1) is 13.8 Å². The van der Waals surface area contributed by atoms with Crippen molar-refractivity contribution >= 4 is 5.91 Å². The lowest BCUT2D eigenvalue weighted by Crippen LogP contribution is -2.40. The molecule has 0 radical (unpaired) electrons. The third-order valence-electron chi connectivity index (χ3n) is 4.08. The summed E-state index contributed by atoms with van der Waals surface area (Å²) in [5.74, 6) is 0.121. The summed E-state index contributed by atoms with van der Waals surface area (Å²) in [6.07, 6.45) is 5.55. The summed E-state index contributed by atoms with van der Waals surface area (Å²) in [7, 11) is 0. The van der Waals surface area contributed by atoms with E-state index in [2.05, 4.69) is 4.98 Å². The van der Waals surface area contributed by atoms with Crippen molar-refractivity contribution in [3.63, 3.8) is 0 Å². The van der Waals surface area contributed by atoms with Crippen LogP contribution < -0.4 is 5.73 Å². The van der Waals surface area contributed by atoms with E-state index >= 15 is 0 Å². The van der Waals surface area contributed by atoms with E-state index in [1.807, 2.05) is 30.9 Å². The maximum Gasteiger partial charge on any atom is 0.255 e. The van der Waals surface area contributed by atoms with Crippen LogP contribution in [0.25, 0.3) is 0 Å². The third-order valence-corrected chi connectivity index (χ3v) is 4.08. The Morgan fingerprint density at radius 2 is 2.05 bits per heavy atom. The number of nitrogens with zero attached hydrogens (tertiary/aromatic N) is 2. The van der Waals surface area contributed by atoms with Gasteiger partial charge in [-0.05, 0) is 51.8 Å². The van der Waals surface area contributed by atoms with Crippen molar-refractivity contribution < 1.29 is 4.79 Å². The molecule has 110 valence electrons. The van der Waals surface area contributed by atoms with Crippen molar-refractivity contribution in [1.29, 1.82) is 0 Å². The number of aromatic nitrogens is 1. The summed E-state index contributed by atoms with van der Waals surface area (Å²) in [6, 6.07) is 4.20. The number of nitrogens with two attached hydrogens (primary N) is 1. The van der Waals surface area contributed by atoms with E-state index < -0.39 is 0 Å². The number of rotatable bonds is 5. The summed E-state index contributed by atoms with van der Waals surface area (Å²) >= 11 is 0. The van der Waals surface area contributed by atoms with Crippen LogP contribution in [0.4, 0.5) is 0 Å². The van der Waals surface area contributed by atoms with Gasteiger partial charge in [0.1, 0.15) is 0 Å². The third kappa shape index (κ3) is 3.37. The molecule has 0 aliphatic heterocycles. The minimum absolute atomic E-state index is 0.121. The average molecular weight is 275 g/mol. The summed E-state index contributed by atoms with van der Waals surface area (Å²) in [6.45, 7) is 5.25. The maximum atomic E-state index is 12.8. The van der Waals surface area contributed by atoms with E-state index in [0.29, 0.717) is 12.6 Å². The van der Waals surface area contributed by atoms with Crippen LogP contribution in [-0.4, -0.2) is 34.9 Å². The van der Waals surface area contributed by atoms with E-state index in [0.717, 1.165) is 42.8 Å². The minimum atomic E-state index is 0.121. The fourth-order valence-corrected chi connectivity index (χ4v) is 2.99. The molecular weight excluding hydrogens is 250 g/mol. The molecule has 0 saturated heterocycles. The van der Waals surface area contributed by atoms with E-state index in [1.165, 1.54) is 12.8 Å². The van der Waals surface area contributed by atoms with Crippen LogP contribution in [-0.2, 0) is 0 Å².